The van der Waals surface area contributed by atoms with Crippen molar-refractivity contribution >= 4 is 43.6 Å². The second-order valence-corrected chi connectivity index (χ2v) is 11.7. The molecule has 0 N–H and O–H groups in total. The van der Waals surface area contributed by atoms with Gasteiger partial charge >= 0.3 is 0 Å². The van der Waals surface area contributed by atoms with Crippen LogP contribution in [0.4, 0.5) is 0 Å². The molecule has 0 bridgehead atoms. The summed E-state index contributed by atoms with van der Waals surface area (Å²) >= 11 is 0. The Balaban J connectivity index is 1.18. The van der Waals surface area contributed by atoms with Gasteiger partial charge in [-0.05, 0) is 77.4 Å². The molecule has 0 saturated heterocycles. The zero-order valence-electron chi connectivity index (χ0n) is 24.9. The van der Waals surface area contributed by atoms with Crippen LogP contribution in [0.5, 0.6) is 0 Å². The average molecular weight is 586 g/mol. The van der Waals surface area contributed by atoms with Crippen molar-refractivity contribution in [3.63, 3.8) is 0 Å². The lowest BCUT2D eigenvalue weighted by Crippen LogP contribution is -1.98. The normalized spacial score (nSPS) is 11.5. The van der Waals surface area contributed by atoms with E-state index in [1.54, 1.807) is 0 Å². The summed E-state index contributed by atoms with van der Waals surface area (Å²) < 4.78 is 4.67. The van der Waals surface area contributed by atoms with Crippen LogP contribution in [0.3, 0.4) is 0 Å². The molecule has 0 amide bonds. The Morgan fingerprint density at radius 3 is 1.43 bits per heavy atom. The van der Waals surface area contributed by atoms with E-state index in [0.717, 1.165) is 44.7 Å². The molecule has 0 aliphatic rings. The molecule has 46 heavy (non-hydrogen) atoms. The first kappa shape index (κ1) is 26.1. The van der Waals surface area contributed by atoms with Crippen molar-refractivity contribution in [1.82, 2.24) is 9.13 Å². The maximum Gasteiger partial charge on any atom is 0.0991 e. The van der Waals surface area contributed by atoms with Gasteiger partial charge in [-0.15, -0.1) is 0 Å². The van der Waals surface area contributed by atoms with Crippen molar-refractivity contribution in [2.45, 2.75) is 0 Å². The first-order valence-electron chi connectivity index (χ1n) is 15.5. The van der Waals surface area contributed by atoms with E-state index in [-0.39, 0.29) is 0 Å². The fraction of sp³-hybridized carbons (Fsp3) is 0. The molecule has 2 aromatic heterocycles. The summed E-state index contributed by atoms with van der Waals surface area (Å²) in [7, 11) is 0. The number of benzene rings is 7. The van der Waals surface area contributed by atoms with Gasteiger partial charge in [-0.25, -0.2) is 0 Å². The number of nitrogens with zero attached hydrogens (tertiary/aromatic N) is 3. The maximum atomic E-state index is 9.88. The average Bonchev–Trinajstić information content (AvgIpc) is 3.65. The molecule has 214 valence electrons. The maximum absolute atomic E-state index is 9.88. The lowest BCUT2D eigenvalue weighted by atomic mass is 9.96. The van der Waals surface area contributed by atoms with Crippen molar-refractivity contribution < 1.29 is 0 Å². The van der Waals surface area contributed by atoms with Crippen LogP contribution in [0.15, 0.2) is 164 Å². The van der Waals surface area contributed by atoms with E-state index in [4.69, 9.17) is 0 Å². The zero-order chi connectivity index (χ0) is 30.6. The van der Waals surface area contributed by atoms with E-state index in [1.165, 1.54) is 32.6 Å². The molecule has 9 rings (SSSR count). The van der Waals surface area contributed by atoms with Gasteiger partial charge in [0.1, 0.15) is 0 Å². The molecule has 3 heteroatoms. The summed E-state index contributed by atoms with van der Waals surface area (Å²) in [5.41, 5.74) is 11.9. The monoisotopic (exact) mass is 585 g/mol. The van der Waals surface area contributed by atoms with E-state index >= 15 is 0 Å². The second-order valence-electron chi connectivity index (χ2n) is 11.7. The minimum absolute atomic E-state index is 0.639. The molecule has 0 spiro atoms. The molecule has 0 radical (unpaired) electrons. The molecule has 0 unspecified atom stereocenters. The summed E-state index contributed by atoms with van der Waals surface area (Å²) in [5.74, 6) is 0. The van der Waals surface area contributed by atoms with Gasteiger partial charge in [0.2, 0.25) is 0 Å². The van der Waals surface area contributed by atoms with E-state index in [1.807, 2.05) is 12.1 Å². The molecule has 7 aromatic carbocycles. The van der Waals surface area contributed by atoms with E-state index in [2.05, 4.69) is 167 Å². The number of nitriles is 1. The van der Waals surface area contributed by atoms with Gasteiger partial charge in [0.05, 0.1) is 39.4 Å². The highest BCUT2D eigenvalue weighted by atomic mass is 15.0. The third-order valence-electron chi connectivity index (χ3n) is 9.16. The third-order valence-corrected chi connectivity index (χ3v) is 9.16. The number of fused-ring (bicyclic) bond motifs is 6. The molecule has 0 saturated carbocycles. The van der Waals surface area contributed by atoms with Gasteiger partial charge < -0.3 is 9.13 Å². The SMILES string of the molecule is N#Cc1ccc(-n2c3ccccc3c3ccccc32)c(-c2cccc(-c3ccc(-n4c5ccccc5c5ccccc54)cc3)c2)c1. The van der Waals surface area contributed by atoms with Crippen LogP contribution in [-0.2, 0) is 0 Å². The molecule has 9 aromatic rings. The van der Waals surface area contributed by atoms with Gasteiger partial charge in [0, 0.05) is 32.8 Å². The minimum atomic E-state index is 0.639. The van der Waals surface area contributed by atoms with Crippen molar-refractivity contribution in [2.75, 3.05) is 0 Å². The molecule has 2 heterocycles. The Bertz CT molecular complexity index is 2540. The smallest absolute Gasteiger partial charge is 0.0991 e. The van der Waals surface area contributed by atoms with Crippen LogP contribution >= 0.6 is 0 Å². The van der Waals surface area contributed by atoms with Crippen LogP contribution in [-0.4, -0.2) is 9.13 Å². The van der Waals surface area contributed by atoms with Crippen LogP contribution < -0.4 is 0 Å². The largest absolute Gasteiger partial charge is 0.309 e. The fourth-order valence-electron chi connectivity index (χ4n) is 7.08. The summed E-state index contributed by atoms with van der Waals surface area (Å²) in [5, 5.41) is 14.8. The van der Waals surface area contributed by atoms with E-state index < -0.39 is 0 Å². The molecule has 0 aliphatic carbocycles. The molecule has 0 aliphatic heterocycles. The van der Waals surface area contributed by atoms with Crippen LogP contribution in [0.25, 0.3) is 77.2 Å². The Morgan fingerprint density at radius 1 is 0.391 bits per heavy atom. The Kier molecular flexibility index (Phi) is 5.88. The highest BCUT2D eigenvalue weighted by Gasteiger charge is 2.17. The molecule has 3 nitrogen and oxygen atoms in total. The lowest BCUT2D eigenvalue weighted by molar-refractivity contribution is 1.18. The van der Waals surface area contributed by atoms with Gasteiger partial charge in [0.15, 0.2) is 0 Å². The predicted molar refractivity (Wildman–Crippen MR) is 191 cm³/mol. The Hall–Kier alpha value is -6.37. The highest BCUT2D eigenvalue weighted by Crippen LogP contribution is 2.38. The zero-order valence-corrected chi connectivity index (χ0v) is 24.9. The lowest BCUT2D eigenvalue weighted by Gasteiger charge is -2.15. The minimum Gasteiger partial charge on any atom is -0.309 e. The van der Waals surface area contributed by atoms with Gasteiger partial charge in [-0.1, -0.05) is 103 Å². The first-order valence-corrected chi connectivity index (χ1v) is 15.5. The number of hydrogen-bond donors (Lipinski definition) is 0. The van der Waals surface area contributed by atoms with Crippen molar-refractivity contribution in [3.05, 3.63) is 169 Å². The summed E-state index contributed by atoms with van der Waals surface area (Å²) in [6.07, 6.45) is 0. The third kappa shape index (κ3) is 3.98. The molecule has 0 fully saturated rings. The van der Waals surface area contributed by atoms with Gasteiger partial charge in [0.25, 0.3) is 0 Å². The second kappa shape index (κ2) is 10.4. The number of rotatable bonds is 4. The molecule has 0 atom stereocenters. The highest BCUT2D eigenvalue weighted by molar-refractivity contribution is 6.10. The number of para-hydroxylation sites is 4. The summed E-state index contributed by atoms with van der Waals surface area (Å²) in [6.45, 7) is 0. The standard InChI is InChI=1S/C43H27N3/c44-28-29-20-25-43(46-41-18-7-3-14-36(41)37-15-4-8-19-42(37)46)38(26-29)32-11-9-10-31(27-32)30-21-23-33(24-22-30)45-39-16-5-1-12-34(39)35-13-2-6-17-40(35)45/h1-27H. The van der Waals surface area contributed by atoms with Crippen molar-refractivity contribution in [2.24, 2.45) is 0 Å². The van der Waals surface area contributed by atoms with Crippen LogP contribution in [0, 0.1) is 11.3 Å². The Labute approximate surface area is 266 Å². The molecular weight excluding hydrogens is 558 g/mol. The van der Waals surface area contributed by atoms with Crippen molar-refractivity contribution in [1.29, 1.82) is 5.26 Å². The van der Waals surface area contributed by atoms with Crippen molar-refractivity contribution in [3.8, 4) is 39.7 Å². The fourth-order valence-corrected chi connectivity index (χ4v) is 7.08. The quantitative estimate of drug-likeness (QED) is 0.202. The predicted octanol–water partition coefficient (Wildman–Crippen LogP) is 11.1. The van der Waals surface area contributed by atoms with Crippen LogP contribution in [0.2, 0.25) is 0 Å². The van der Waals surface area contributed by atoms with Gasteiger partial charge in [-0.3, -0.25) is 0 Å². The number of aromatic nitrogens is 2. The topological polar surface area (TPSA) is 33.6 Å². The Morgan fingerprint density at radius 2 is 0.891 bits per heavy atom. The number of hydrogen-bond acceptors (Lipinski definition) is 1. The van der Waals surface area contributed by atoms with E-state index in [9.17, 15) is 5.26 Å². The summed E-state index contributed by atoms with van der Waals surface area (Å²) in [4.78, 5) is 0. The van der Waals surface area contributed by atoms with E-state index in [0.29, 0.717) is 5.56 Å². The molecular formula is C43H27N3. The van der Waals surface area contributed by atoms with Crippen LogP contribution in [0.1, 0.15) is 5.56 Å². The summed E-state index contributed by atoms with van der Waals surface area (Å²) in [6, 6.07) is 60.1. The first-order chi connectivity index (χ1) is 22.8. The van der Waals surface area contributed by atoms with Gasteiger partial charge in [-0.2, -0.15) is 5.26 Å².